The van der Waals surface area contributed by atoms with Gasteiger partial charge in [-0.25, -0.2) is 28.8 Å². The van der Waals surface area contributed by atoms with Gasteiger partial charge >= 0.3 is 34.8 Å². The Bertz CT molecular complexity index is 3610. The van der Waals surface area contributed by atoms with E-state index < -0.39 is 22.8 Å². The monoisotopic (exact) mass is 986 g/mol. The van der Waals surface area contributed by atoms with Crippen molar-refractivity contribution in [1.82, 2.24) is 0 Å². The van der Waals surface area contributed by atoms with Gasteiger partial charge in [0.25, 0.3) is 0 Å². The summed E-state index contributed by atoms with van der Waals surface area (Å²) in [5.74, 6) is -2.13. The molecule has 6 aromatic carbocycles. The number of carbonyl (C=O) groups is 3. The number of carboxylic acids is 1. The lowest BCUT2D eigenvalue weighted by Crippen LogP contribution is -2.11. The first-order chi connectivity index (χ1) is 35.3. The molecule has 0 amide bonds. The van der Waals surface area contributed by atoms with Gasteiger partial charge < -0.3 is 43.2 Å². The number of carbonyl (C=O) groups excluding carboxylic acids is 2. The van der Waals surface area contributed by atoms with Gasteiger partial charge in [-0.1, -0.05) is 99.1 Å². The molecule has 15 heteroatoms. The van der Waals surface area contributed by atoms with Crippen LogP contribution in [0.15, 0.2) is 173 Å². The van der Waals surface area contributed by atoms with Gasteiger partial charge in [0.15, 0.2) is 0 Å². The quantitative estimate of drug-likeness (QED) is 0.0450. The van der Waals surface area contributed by atoms with Crippen molar-refractivity contribution in [2.24, 2.45) is 0 Å². The van der Waals surface area contributed by atoms with Crippen LogP contribution in [-0.4, -0.2) is 51.5 Å². The average molecular weight is 987 g/mol. The van der Waals surface area contributed by atoms with Gasteiger partial charge in [0.05, 0.1) is 62.8 Å². The fourth-order valence-electron chi connectivity index (χ4n) is 7.65. The SMILES string of the molecule is CCCCOC(=O)c1ccc(Cc2c(O)c3ccccc3oc2=O)cc1.CCCOC(=O)c1ccc(Cc2c(O)c3ccccc3oc2=O)cc1.O=C(O)c1ccccc1Cc1c(O)c2ccccc2oc1=O. The summed E-state index contributed by atoms with van der Waals surface area (Å²) in [4.78, 5) is 71.3. The zero-order valence-corrected chi connectivity index (χ0v) is 39.8. The molecule has 0 saturated carbocycles. The number of benzene rings is 6. The van der Waals surface area contributed by atoms with Crippen LogP contribution < -0.4 is 16.9 Å². The van der Waals surface area contributed by atoms with E-state index in [0.717, 1.165) is 30.4 Å². The molecule has 73 heavy (non-hydrogen) atoms. The van der Waals surface area contributed by atoms with Gasteiger partial charge in [-0.2, -0.15) is 0 Å². The Morgan fingerprint density at radius 2 is 0.822 bits per heavy atom. The second-order valence-electron chi connectivity index (χ2n) is 16.7. The van der Waals surface area contributed by atoms with E-state index in [4.69, 9.17) is 22.7 Å². The molecule has 9 aromatic rings. The summed E-state index contributed by atoms with van der Waals surface area (Å²) in [5, 5.41) is 41.7. The van der Waals surface area contributed by atoms with Crippen LogP contribution in [0.5, 0.6) is 17.2 Å². The lowest BCUT2D eigenvalue weighted by atomic mass is 9.99. The van der Waals surface area contributed by atoms with Crippen LogP contribution in [0, 0.1) is 0 Å². The maximum atomic E-state index is 12.2. The van der Waals surface area contributed by atoms with Crippen molar-refractivity contribution in [3.63, 3.8) is 0 Å². The van der Waals surface area contributed by atoms with Crippen LogP contribution in [0.25, 0.3) is 32.9 Å². The van der Waals surface area contributed by atoms with Crippen molar-refractivity contribution in [3.05, 3.63) is 227 Å². The summed E-state index contributed by atoms with van der Waals surface area (Å²) in [7, 11) is 0. The molecule has 3 aromatic heterocycles. The zero-order chi connectivity index (χ0) is 52.0. The number of aromatic hydroxyl groups is 3. The number of para-hydroxylation sites is 3. The lowest BCUT2D eigenvalue weighted by Gasteiger charge is -2.08. The Hall–Kier alpha value is -9.24. The summed E-state index contributed by atoms with van der Waals surface area (Å²) in [5.41, 5.74) is 2.64. The highest BCUT2D eigenvalue weighted by molar-refractivity contribution is 5.91. The van der Waals surface area contributed by atoms with E-state index in [2.05, 4.69) is 0 Å². The molecule has 0 aliphatic carbocycles. The predicted molar refractivity (Wildman–Crippen MR) is 273 cm³/mol. The number of ether oxygens (including phenoxy) is 2. The number of hydrogen-bond donors (Lipinski definition) is 4. The second-order valence-corrected chi connectivity index (χ2v) is 16.7. The highest BCUT2D eigenvalue weighted by atomic mass is 16.5. The second kappa shape index (κ2) is 24.1. The van der Waals surface area contributed by atoms with Gasteiger partial charge in [0.1, 0.15) is 34.0 Å². The minimum absolute atomic E-state index is 0.0124. The molecular weight excluding hydrogens is 937 g/mol. The maximum absolute atomic E-state index is 12.2. The van der Waals surface area contributed by atoms with Crippen LogP contribution in [0.3, 0.4) is 0 Å². The minimum atomic E-state index is -1.08. The molecule has 15 nitrogen and oxygen atoms in total. The van der Waals surface area contributed by atoms with Crippen molar-refractivity contribution < 1.29 is 57.5 Å². The van der Waals surface area contributed by atoms with E-state index in [0.29, 0.717) is 62.8 Å². The highest BCUT2D eigenvalue weighted by Crippen LogP contribution is 2.30. The zero-order valence-electron chi connectivity index (χ0n) is 39.8. The van der Waals surface area contributed by atoms with E-state index in [1.807, 2.05) is 13.8 Å². The largest absolute Gasteiger partial charge is 0.507 e. The summed E-state index contributed by atoms with van der Waals surface area (Å²) < 4.78 is 26.0. The smallest absolute Gasteiger partial charge is 0.343 e. The Morgan fingerprint density at radius 1 is 0.452 bits per heavy atom. The third-order valence-electron chi connectivity index (χ3n) is 11.6. The Balaban J connectivity index is 0.000000161. The molecule has 0 radical (unpaired) electrons. The molecular formula is C58H50O15. The van der Waals surface area contributed by atoms with E-state index in [-0.39, 0.29) is 70.7 Å². The number of aromatic carboxylic acids is 1. The standard InChI is InChI=1S/C21H20O5.C20H18O5.C17H12O5/c1-2-3-12-25-20(23)15-10-8-14(9-11-15)13-17-19(22)16-6-4-5-7-18(16)26-21(17)24;1-2-11-24-19(22)14-9-7-13(8-10-14)12-16-18(21)15-5-3-4-6-17(15)25-20(16)23;18-15-12-7-3-4-8-14(12)22-17(21)13(15)9-10-5-1-2-6-11(10)16(19)20/h4-11,22H,2-3,12-13H2,1H3;3-10,21H,2,11-12H2,1H3;1-8,18H,9H2,(H,19,20). The van der Waals surface area contributed by atoms with E-state index in [1.165, 1.54) is 6.07 Å². The van der Waals surface area contributed by atoms with Gasteiger partial charge in [-0.15, -0.1) is 0 Å². The van der Waals surface area contributed by atoms with Crippen LogP contribution in [0.1, 0.15) is 97.6 Å². The average Bonchev–Trinajstić information content (AvgIpc) is 3.40. The fraction of sp³-hybridized carbons (Fsp3) is 0.172. The van der Waals surface area contributed by atoms with Gasteiger partial charge in [0, 0.05) is 19.3 Å². The molecule has 9 rings (SSSR count). The first-order valence-corrected chi connectivity index (χ1v) is 23.3. The fourth-order valence-corrected chi connectivity index (χ4v) is 7.65. The highest BCUT2D eigenvalue weighted by Gasteiger charge is 2.19. The summed E-state index contributed by atoms with van der Waals surface area (Å²) in [6.45, 7) is 4.75. The first-order valence-electron chi connectivity index (χ1n) is 23.3. The van der Waals surface area contributed by atoms with Crippen molar-refractivity contribution in [1.29, 1.82) is 0 Å². The minimum Gasteiger partial charge on any atom is -0.507 e. The molecule has 0 atom stereocenters. The van der Waals surface area contributed by atoms with Crippen LogP contribution in [0.2, 0.25) is 0 Å². The predicted octanol–water partition coefficient (Wildman–Crippen LogP) is 10.5. The molecule has 0 aliphatic rings. The number of unbranched alkanes of at least 4 members (excludes halogenated alkanes) is 1. The van der Waals surface area contributed by atoms with Gasteiger partial charge in [0.2, 0.25) is 0 Å². The lowest BCUT2D eigenvalue weighted by molar-refractivity contribution is 0.0493. The Morgan fingerprint density at radius 3 is 1.22 bits per heavy atom. The van der Waals surface area contributed by atoms with E-state index >= 15 is 0 Å². The van der Waals surface area contributed by atoms with Gasteiger partial charge in [-0.05, 0) is 96.3 Å². The molecule has 0 saturated heterocycles. The first kappa shape index (κ1) is 51.6. The summed E-state index contributed by atoms with van der Waals surface area (Å²) in [6.07, 6.45) is 2.97. The molecule has 0 aliphatic heterocycles. The Kier molecular flexibility index (Phi) is 17.0. The molecule has 372 valence electrons. The molecule has 0 spiro atoms. The van der Waals surface area contributed by atoms with Crippen molar-refractivity contribution >= 4 is 50.8 Å². The summed E-state index contributed by atoms with van der Waals surface area (Å²) in [6, 6.07) is 40.2. The third kappa shape index (κ3) is 12.6. The molecule has 3 heterocycles. The number of esters is 2. The van der Waals surface area contributed by atoms with Crippen molar-refractivity contribution in [3.8, 4) is 17.2 Å². The normalized spacial score (nSPS) is 10.8. The molecule has 0 unspecified atom stereocenters. The summed E-state index contributed by atoms with van der Waals surface area (Å²) >= 11 is 0. The maximum Gasteiger partial charge on any atom is 0.343 e. The van der Waals surface area contributed by atoms with Crippen LogP contribution in [-0.2, 0) is 28.7 Å². The van der Waals surface area contributed by atoms with Crippen LogP contribution in [0.4, 0.5) is 0 Å². The van der Waals surface area contributed by atoms with E-state index in [1.54, 1.807) is 140 Å². The molecule has 4 N–H and O–H groups in total. The Labute approximate surface area is 416 Å². The molecule has 0 bridgehead atoms. The van der Waals surface area contributed by atoms with E-state index in [9.17, 15) is 49.2 Å². The number of hydrogen-bond acceptors (Lipinski definition) is 14. The van der Waals surface area contributed by atoms with Crippen molar-refractivity contribution in [2.45, 2.75) is 52.4 Å². The third-order valence-corrected chi connectivity index (χ3v) is 11.6. The number of fused-ring (bicyclic) bond motifs is 3. The number of carboxylic acid groups (broad SMARTS) is 1. The van der Waals surface area contributed by atoms with Crippen molar-refractivity contribution in [2.75, 3.05) is 13.2 Å². The molecule has 0 fully saturated rings. The number of rotatable bonds is 14. The van der Waals surface area contributed by atoms with Crippen LogP contribution >= 0.6 is 0 Å². The van der Waals surface area contributed by atoms with Gasteiger partial charge in [-0.3, -0.25) is 0 Å². The topological polar surface area (TPSA) is 241 Å².